The van der Waals surface area contributed by atoms with Gasteiger partial charge in [0.1, 0.15) is 5.71 Å². The van der Waals surface area contributed by atoms with Gasteiger partial charge in [0.2, 0.25) is 5.78 Å². The van der Waals surface area contributed by atoms with Crippen LogP contribution in [0.4, 0.5) is 0 Å². The number of allylic oxidation sites excluding steroid dienone is 2. The zero-order valence-corrected chi connectivity index (χ0v) is 25.6. The molecule has 0 N–H and O–H groups in total. The molecular formula is C37H40N2O4. The first-order valence-electron chi connectivity index (χ1n) is 15.5. The first-order valence-corrected chi connectivity index (χ1v) is 15.5. The molecule has 1 aliphatic carbocycles. The first-order chi connectivity index (χ1) is 20.9. The number of aromatic nitrogens is 1. The normalized spacial score (nSPS) is 13.7. The standard InChI is InChI=1S/C37H40N2O4/c1-5-8-11-25(6-2)36(41)28-17-20-34-31(22-28)32-23-29(18-21-35(32)39(34)7-3)37(42)33(38-43-24(4)40)19-16-27-15-14-26-12-9-10-13-30(26)27/h9-10,12-13,15,17-18,20-23,25H,5-8,11,14,16,19H2,1-4H3. The molecule has 0 aliphatic heterocycles. The van der Waals surface area contributed by atoms with Gasteiger partial charge in [-0.3, -0.25) is 9.59 Å². The Bertz CT molecular complexity index is 1760. The number of nitrogens with zero attached hydrogens (tertiary/aromatic N) is 2. The molecule has 4 aromatic rings. The van der Waals surface area contributed by atoms with Crippen molar-refractivity contribution in [3.63, 3.8) is 0 Å². The number of oxime groups is 1. The van der Waals surface area contributed by atoms with Crippen LogP contribution >= 0.6 is 0 Å². The van der Waals surface area contributed by atoms with Gasteiger partial charge in [-0.25, -0.2) is 4.79 Å². The monoisotopic (exact) mass is 576 g/mol. The van der Waals surface area contributed by atoms with Crippen LogP contribution in [-0.2, 0) is 22.6 Å². The topological polar surface area (TPSA) is 77.7 Å². The molecule has 1 atom stereocenters. The van der Waals surface area contributed by atoms with Crippen LogP contribution in [0.15, 0.2) is 71.9 Å². The minimum Gasteiger partial charge on any atom is -0.341 e. The van der Waals surface area contributed by atoms with Crippen molar-refractivity contribution in [1.82, 2.24) is 4.57 Å². The summed E-state index contributed by atoms with van der Waals surface area (Å²) in [5.41, 5.74) is 7.06. The summed E-state index contributed by atoms with van der Waals surface area (Å²) in [5, 5.41) is 5.88. The number of fused-ring (bicyclic) bond motifs is 4. The molecular weight excluding hydrogens is 536 g/mol. The van der Waals surface area contributed by atoms with Crippen molar-refractivity contribution in [3.8, 4) is 0 Å². The molecule has 6 heteroatoms. The van der Waals surface area contributed by atoms with Crippen molar-refractivity contribution in [1.29, 1.82) is 0 Å². The van der Waals surface area contributed by atoms with Gasteiger partial charge in [0.15, 0.2) is 5.78 Å². The highest BCUT2D eigenvalue weighted by atomic mass is 16.7. The first kappa shape index (κ1) is 30.1. The summed E-state index contributed by atoms with van der Waals surface area (Å²) >= 11 is 0. The molecule has 0 spiro atoms. The summed E-state index contributed by atoms with van der Waals surface area (Å²) in [4.78, 5) is 43.9. The second kappa shape index (κ2) is 13.3. The Hall–Kier alpha value is -4.32. The summed E-state index contributed by atoms with van der Waals surface area (Å²) in [7, 11) is 0. The van der Waals surface area contributed by atoms with Crippen molar-refractivity contribution >= 4 is 50.6 Å². The molecule has 6 nitrogen and oxygen atoms in total. The SMILES string of the molecule is CCCCC(CC)C(=O)c1ccc2c(c1)c1cc(C(=O)C(CCC3=CCc4ccccc43)=NOC(C)=O)ccc1n2CC. The third-order valence-electron chi connectivity index (χ3n) is 8.61. The van der Waals surface area contributed by atoms with Crippen LogP contribution in [-0.4, -0.2) is 27.8 Å². The lowest BCUT2D eigenvalue weighted by atomic mass is 9.90. The predicted octanol–water partition coefficient (Wildman–Crippen LogP) is 8.74. The zero-order chi connectivity index (χ0) is 30.5. The maximum absolute atomic E-state index is 13.9. The Morgan fingerprint density at radius 3 is 2.30 bits per heavy atom. The Labute approximate surface area is 253 Å². The van der Waals surface area contributed by atoms with E-state index in [9.17, 15) is 14.4 Å². The van der Waals surface area contributed by atoms with E-state index >= 15 is 0 Å². The molecule has 0 amide bonds. The van der Waals surface area contributed by atoms with Crippen LogP contribution in [0.3, 0.4) is 0 Å². The van der Waals surface area contributed by atoms with Gasteiger partial charge in [-0.15, -0.1) is 0 Å². The van der Waals surface area contributed by atoms with Crippen LogP contribution in [0.25, 0.3) is 27.4 Å². The van der Waals surface area contributed by atoms with E-state index in [4.69, 9.17) is 4.84 Å². The molecule has 1 heterocycles. The number of unbranched alkanes of at least 4 members (excludes halogenated alkanes) is 1. The lowest BCUT2D eigenvalue weighted by molar-refractivity contribution is -0.140. The highest BCUT2D eigenvalue weighted by molar-refractivity contribution is 6.46. The van der Waals surface area contributed by atoms with Crippen LogP contribution in [0.5, 0.6) is 0 Å². The highest BCUT2D eigenvalue weighted by Gasteiger charge is 2.22. The van der Waals surface area contributed by atoms with Crippen LogP contribution in [0, 0.1) is 5.92 Å². The van der Waals surface area contributed by atoms with Crippen LogP contribution in [0.1, 0.15) is 98.1 Å². The van der Waals surface area contributed by atoms with Crippen LogP contribution in [0.2, 0.25) is 0 Å². The minimum atomic E-state index is -0.571. The van der Waals surface area contributed by atoms with Gasteiger partial charge in [-0.1, -0.05) is 62.2 Å². The number of rotatable bonds is 13. The summed E-state index contributed by atoms with van der Waals surface area (Å²) < 4.78 is 2.21. The Morgan fingerprint density at radius 1 is 0.930 bits per heavy atom. The quantitative estimate of drug-likeness (QED) is 0.0690. The third-order valence-corrected chi connectivity index (χ3v) is 8.61. The number of hydrogen-bond donors (Lipinski definition) is 0. The zero-order valence-electron chi connectivity index (χ0n) is 25.6. The Balaban J connectivity index is 1.49. The molecule has 1 unspecified atom stereocenters. The Kier molecular flexibility index (Phi) is 9.34. The van der Waals surface area contributed by atoms with Gasteiger partial charge in [0, 0.05) is 58.7 Å². The molecule has 0 bridgehead atoms. The van der Waals surface area contributed by atoms with Crippen molar-refractivity contribution in [2.75, 3.05) is 0 Å². The second-order valence-corrected chi connectivity index (χ2v) is 11.4. The Morgan fingerprint density at radius 2 is 1.63 bits per heavy atom. The number of Topliss-reactive ketones (excluding diaryl/α,β-unsaturated/α-hetero) is 2. The maximum atomic E-state index is 13.9. The maximum Gasteiger partial charge on any atom is 0.331 e. The number of aryl methyl sites for hydroxylation is 1. The number of carbonyl (C=O) groups excluding carboxylic acids is 3. The van der Waals surface area contributed by atoms with E-state index in [-0.39, 0.29) is 23.2 Å². The van der Waals surface area contributed by atoms with Gasteiger partial charge in [0.25, 0.3) is 0 Å². The molecule has 0 saturated carbocycles. The number of hydrogen-bond acceptors (Lipinski definition) is 5. The third kappa shape index (κ3) is 6.24. The fraction of sp³-hybridized carbons (Fsp3) is 0.351. The van der Waals surface area contributed by atoms with E-state index in [1.165, 1.54) is 23.6 Å². The lowest BCUT2D eigenvalue weighted by Gasteiger charge is -2.13. The molecule has 1 aromatic heterocycles. The molecule has 0 radical (unpaired) electrons. The van der Waals surface area contributed by atoms with Crippen molar-refractivity contribution in [3.05, 3.63) is 89.0 Å². The fourth-order valence-electron chi connectivity index (χ4n) is 6.28. The molecule has 3 aromatic carbocycles. The van der Waals surface area contributed by atoms with Gasteiger partial charge >= 0.3 is 5.97 Å². The lowest BCUT2D eigenvalue weighted by Crippen LogP contribution is -2.16. The molecule has 1 aliphatic rings. The summed E-state index contributed by atoms with van der Waals surface area (Å²) in [6, 6.07) is 19.9. The predicted molar refractivity (Wildman–Crippen MR) is 174 cm³/mol. The number of ketones is 2. The molecule has 222 valence electrons. The van der Waals surface area contributed by atoms with E-state index in [2.05, 4.69) is 48.7 Å². The van der Waals surface area contributed by atoms with E-state index in [0.29, 0.717) is 24.0 Å². The smallest absolute Gasteiger partial charge is 0.331 e. The van der Waals surface area contributed by atoms with E-state index in [1.807, 2.05) is 48.5 Å². The van der Waals surface area contributed by atoms with Gasteiger partial charge in [-0.2, -0.15) is 0 Å². The second-order valence-electron chi connectivity index (χ2n) is 11.4. The summed E-state index contributed by atoms with van der Waals surface area (Å²) in [5.74, 6) is -0.652. The van der Waals surface area contributed by atoms with Gasteiger partial charge in [-0.05, 0) is 85.7 Å². The van der Waals surface area contributed by atoms with Crippen molar-refractivity contribution in [2.45, 2.75) is 79.2 Å². The summed E-state index contributed by atoms with van der Waals surface area (Å²) in [6.45, 7) is 8.35. The van der Waals surface area contributed by atoms with E-state index in [1.54, 1.807) is 0 Å². The average Bonchev–Trinajstić information content (AvgIpc) is 3.58. The van der Waals surface area contributed by atoms with Crippen molar-refractivity contribution < 1.29 is 19.2 Å². The molecule has 0 saturated heterocycles. The number of carbonyl (C=O) groups is 3. The van der Waals surface area contributed by atoms with Crippen LogP contribution < -0.4 is 0 Å². The number of benzene rings is 3. The summed E-state index contributed by atoms with van der Waals surface area (Å²) in [6.07, 6.45) is 7.83. The van der Waals surface area contributed by atoms with Crippen molar-refractivity contribution in [2.24, 2.45) is 11.1 Å². The largest absolute Gasteiger partial charge is 0.341 e. The van der Waals surface area contributed by atoms with Gasteiger partial charge < -0.3 is 9.40 Å². The molecule has 5 rings (SSSR count). The molecule has 43 heavy (non-hydrogen) atoms. The minimum absolute atomic E-state index is 0.0102. The highest BCUT2D eigenvalue weighted by Crippen LogP contribution is 2.33. The van der Waals surface area contributed by atoms with E-state index in [0.717, 1.165) is 60.5 Å². The molecule has 0 fully saturated rings. The fourth-order valence-corrected chi connectivity index (χ4v) is 6.28. The van der Waals surface area contributed by atoms with E-state index < -0.39 is 5.97 Å². The van der Waals surface area contributed by atoms with Gasteiger partial charge in [0.05, 0.1) is 0 Å². The average molecular weight is 577 g/mol.